The van der Waals surface area contributed by atoms with Crippen LogP contribution in [0, 0.1) is 6.92 Å². The summed E-state index contributed by atoms with van der Waals surface area (Å²) in [5.74, 6) is 0.180. The highest BCUT2D eigenvalue weighted by atomic mass is 32.2. The summed E-state index contributed by atoms with van der Waals surface area (Å²) < 4.78 is 33.4. The van der Waals surface area contributed by atoms with Crippen molar-refractivity contribution in [1.82, 2.24) is 9.55 Å². The van der Waals surface area contributed by atoms with Gasteiger partial charge in [0, 0.05) is 17.4 Å². The van der Waals surface area contributed by atoms with Crippen molar-refractivity contribution in [3.05, 3.63) is 60.7 Å². The number of para-hydroxylation sites is 1. The number of hydrogen-bond acceptors (Lipinski definition) is 4. The van der Waals surface area contributed by atoms with Gasteiger partial charge in [-0.05, 0) is 30.7 Å². The Morgan fingerprint density at radius 1 is 1.17 bits per heavy atom. The Kier molecular flexibility index (Phi) is 3.31. The topological polar surface area (TPSA) is 73.2 Å². The number of hydrogen-bond donors (Lipinski definition) is 1. The lowest BCUT2D eigenvalue weighted by Gasteiger charge is -2.22. The molecule has 6 nitrogen and oxygen atoms in total. The predicted octanol–water partition coefficient (Wildman–Crippen LogP) is 2.94. The zero-order valence-electron chi connectivity index (χ0n) is 12.9. The molecule has 0 bridgehead atoms. The van der Waals surface area contributed by atoms with Gasteiger partial charge in [0.2, 0.25) is 5.94 Å². The Morgan fingerprint density at radius 2 is 1.96 bits per heavy atom. The summed E-state index contributed by atoms with van der Waals surface area (Å²) in [5, 5.41) is 0. The summed E-state index contributed by atoms with van der Waals surface area (Å²) in [5.41, 5.74) is 4.10. The molecule has 122 valence electrons. The molecule has 0 amide bonds. The van der Waals surface area contributed by atoms with Gasteiger partial charge in [0.15, 0.2) is 0 Å². The van der Waals surface area contributed by atoms with Gasteiger partial charge in [-0.15, -0.1) is 0 Å². The Hall–Kier alpha value is -2.80. The van der Waals surface area contributed by atoms with Crippen molar-refractivity contribution in [2.75, 3.05) is 10.7 Å². The molecule has 0 fully saturated rings. The van der Waals surface area contributed by atoms with Crippen molar-refractivity contribution >= 4 is 15.7 Å². The van der Waals surface area contributed by atoms with Crippen LogP contribution in [0.4, 0.5) is 5.69 Å². The third-order valence-corrected chi connectivity index (χ3v) is 4.78. The molecule has 3 aromatic rings. The molecule has 0 atom stereocenters. The van der Waals surface area contributed by atoms with Gasteiger partial charge >= 0.3 is 0 Å². The maximum atomic E-state index is 11.8. The molecule has 2 heterocycles. The van der Waals surface area contributed by atoms with Gasteiger partial charge in [-0.25, -0.2) is 13.4 Å². The molecule has 0 saturated heterocycles. The minimum Gasteiger partial charge on any atom is -0.474 e. The van der Waals surface area contributed by atoms with Crippen LogP contribution < -0.4 is 9.46 Å². The first kappa shape index (κ1) is 14.8. The number of rotatable bonds is 2. The van der Waals surface area contributed by atoms with Crippen LogP contribution in [0.1, 0.15) is 5.69 Å². The van der Waals surface area contributed by atoms with Crippen LogP contribution in [0.5, 0.6) is 5.75 Å². The van der Waals surface area contributed by atoms with Crippen LogP contribution in [-0.4, -0.2) is 23.9 Å². The average Bonchev–Trinajstić information content (AvgIpc) is 3.00. The summed E-state index contributed by atoms with van der Waals surface area (Å²) in [6.07, 6.45) is 3.71. The van der Waals surface area contributed by atoms with Gasteiger partial charge in [-0.3, -0.25) is 4.72 Å². The van der Waals surface area contributed by atoms with E-state index in [0.717, 1.165) is 22.5 Å². The van der Waals surface area contributed by atoms with Crippen molar-refractivity contribution in [2.45, 2.75) is 6.92 Å². The molecule has 24 heavy (non-hydrogen) atoms. The average molecular weight is 341 g/mol. The van der Waals surface area contributed by atoms with Crippen LogP contribution in [0.25, 0.3) is 16.8 Å². The molecule has 1 aliphatic rings. The molecule has 4 rings (SSSR count). The predicted molar refractivity (Wildman–Crippen MR) is 91.8 cm³/mol. The Morgan fingerprint density at radius 3 is 2.67 bits per heavy atom. The maximum Gasteiger partial charge on any atom is 0.268 e. The zero-order chi connectivity index (χ0) is 16.7. The highest BCUT2D eigenvalue weighted by Gasteiger charge is 2.24. The Labute approximate surface area is 139 Å². The van der Waals surface area contributed by atoms with E-state index in [1.54, 1.807) is 12.4 Å². The molecule has 1 N–H and O–H groups in total. The van der Waals surface area contributed by atoms with Gasteiger partial charge in [0.1, 0.15) is 5.75 Å². The van der Waals surface area contributed by atoms with E-state index in [0.29, 0.717) is 11.4 Å². The quantitative estimate of drug-likeness (QED) is 0.778. The summed E-state index contributed by atoms with van der Waals surface area (Å²) >= 11 is 0. The van der Waals surface area contributed by atoms with Crippen molar-refractivity contribution in [3.8, 4) is 22.6 Å². The van der Waals surface area contributed by atoms with Crippen LogP contribution in [0.3, 0.4) is 0 Å². The molecule has 0 unspecified atom stereocenters. The molecule has 1 aliphatic heterocycles. The van der Waals surface area contributed by atoms with Crippen molar-refractivity contribution in [3.63, 3.8) is 0 Å². The number of nitrogens with one attached hydrogen (secondary N) is 1. The van der Waals surface area contributed by atoms with Crippen LogP contribution in [0.2, 0.25) is 0 Å². The summed E-state index contributed by atoms with van der Waals surface area (Å²) in [6, 6.07) is 13.3. The normalized spacial score (nSPS) is 15.2. The summed E-state index contributed by atoms with van der Waals surface area (Å²) in [4.78, 5) is 4.22. The zero-order valence-corrected chi connectivity index (χ0v) is 13.7. The number of aryl methyl sites for hydroxylation is 1. The van der Waals surface area contributed by atoms with Crippen molar-refractivity contribution in [2.24, 2.45) is 0 Å². The smallest absolute Gasteiger partial charge is 0.268 e. The first-order valence-electron chi connectivity index (χ1n) is 7.39. The van der Waals surface area contributed by atoms with Gasteiger partial charge in [-0.2, -0.15) is 0 Å². The van der Waals surface area contributed by atoms with E-state index >= 15 is 0 Å². The molecule has 2 aromatic carbocycles. The van der Waals surface area contributed by atoms with E-state index < -0.39 is 10.0 Å². The van der Waals surface area contributed by atoms with Crippen molar-refractivity contribution < 1.29 is 13.2 Å². The van der Waals surface area contributed by atoms with Crippen LogP contribution >= 0.6 is 0 Å². The molecule has 0 radical (unpaired) electrons. The number of anilines is 1. The molecule has 1 aromatic heterocycles. The SMILES string of the molecule is Cc1cn(-c2ccc(-c3cccc4c3NS(=O)(=O)CO4)cc2)cn1. The van der Waals surface area contributed by atoms with Gasteiger partial charge in [-0.1, -0.05) is 24.3 Å². The number of imidazole rings is 1. The van der Waals surface area contributed by atoms with Gasteiger partial charge < -0.3 is 9.30 Å². The lowest BCUT2D eigenvalue weighted by molar-refractivity contribution is 0.374. The maximum absolute atomic E-state index is 11.8. The van der Waals surface area contributed by atoms with E-state index in [-0.39, 0.29) is 5.94 Å². The summed E-state index contributed by atoms with van der Waals surface area (Å²) in [7, 11) is -3.46. The molecular weight excluding hydrogens is 326 g/mol. The van der Waals surface area contributed by atoms with E-state index in [4.69, 9.17) is 4.74 Å². The van der Waals surface area contributed by atoms with Crippen molar-refractivity contribution in [1.29, 1.82) is 0 Å². The second-order valence-electron chi connectivity index (χ2n) is 5.63. The van der Waals surface area contributed by atoms with E-state index in [9.17, 15) is 8.42 Å². The Bertz CT molecular complexity index is 1010. The first-order valence-corrected chi connectivity index (χ1v) is 9.05. The first-order chi connectivity index (χ1) is 11.5. The monoisotopic (exact) mass is 341 g/mol. The number of aromatic nitrogens is 2. The number of fused-ring (bicyclic) bond motifs is 1. The number of benzene rings is 2. The fourth-order valence-electron chi connectivity index (χ4n) is 2.70. The number of ether oxygens (including phenoxy) is 1. The van der Waals surface area contributed by atoms with E-state index in [1.807, 2.05) is 54.1 Å². The largest absolute Gasteiger partial charge is 0.474 e. The van der Waals surface area contributed by atoms with E-state index in [1.165, 1.54) is 0 Å². The third kappa shape index (κ3) is 2.63. The lowest BCUT2D eigenvalue weighted by atomic mass is 10.0. The van der Waals surface area contributed by atoms with Gasteiger partial charge in [0.05, 0.1) is 17.7 Å². The molecule has 0 saturated carbocycles. The molecule has 7 heteroatoms. The molecule has 0 spiro atoms. The van der Waals surface area contributed by atoms with Gasteiger partial charge in [0.25, 0.3) is 10.0 Å². The second-order valence-corrected chi connectivity index (χ2v) is 7.30. The number of nitrogens with zero attached hydrogens (tertiary/aromatic N) is 2. The van der Waals surface area contributed by atoms with E-state index in [2.05, 4.69) is 9.71 Å². The van der Waals surface area contributed by atoms with Crippen LogP contribution in [0.15, 0.2) is 55.0 Å². The lowest BCUT2D eigenvalue weighted by Crippen LogP contribution is -2.25. The Balaban J connectivity index is 1.75. The standard InChI is InChI=1S/C17H15N3O3S/c1-12-9-20(10-18-12)14-7-5-13(6-8-14)15-3-2-4-16-17(15)19-24(21,22)11-23-16/h2-10,19H,11H2,1H3. The minimum absolute atomic E-state index is 0.359. The highest BCUT2D eigenvalue weighted by molar-refractivity contribution is 7.92. The fraction of sp³-hybridized carbons (Fsp3) is 0.118. The third-order valence-electron chi connectivity index (χ3n) is 3.84. The number of sulfonamides is 1. The summed E-state index contributed by atoms with van der Waals surface area (Å²) in [6.45, 7) is 1.94. The fourth-order valence-corrected chi connectivity index (χ4v) is 3.56. The minimum atomic E-state index is -3.46. The second kappa shape index (κ2) is 5.38. The highest BCUT2D eigenvalue weighted by Crippen LogP contribution is 2.39. The molecule has 0 aliphatic carbocycles. The van der Waals surface area contributed by atoms with Crippen LogP contribution in [-0.2, 0) is 10.0 Å². The molecular formula is C17H15N3O3S.